The Labute approximate surface area is 74.5 Å². The molecule has 0 spiro atoms. The molecule has 12 heavy (non-hydrogen) atoms. The van der Waals surface area contributed by atoms with Crippen LogP contribution in [0.2, 0.25) is 0 Å². The normalized spacial score (nSPS) is 41.8. The zero-order valence-electron chi connectivity index (χ0n) is 8.01. The van der Waals surface area contributed by atoms with E-state index in [1.165, 1.54) is 18.4 Å². The fourth-order valence-corrected chi connectivity index (χ4v) is 2.88. The second-order valence-corrected chi connectivity index (χ2v) is 4.52. The Balaban J connectivity index is 2.26. The van der Waals surface area contributed by atoms with Crippen LogP contribution in [0.5, 0.6) is 0 Å². The van der Waals surface area contributed by atoms with Gasteiger partial charge in [-0.25, -0.2) is 0 Å². The molecule has 1 N–H and O–H groups in total. The van der Waals surface area contributed by atoms with Gasteiger partial charge in [-0.1, -0.05) is 18.1 Å². The molecule has 0 aliphatic heterocycles. The molecule has 0 aromatic heterocycles. The standard InChI is InChI=1S/C11H18O/c1-7-3-4-10-8(2)5-9(12)6-11(7)10/h7,9,11-12H,3-6H2,1-2H3/t7-,9-,11-/m0/s1. The molecule has 1 fully saturated rings. The maximum atomic E-state index is 9.61. The summed E-state index contributed by atoms with van der Waals surface area (Å²) in [5.41, 5.74) is 3.15. The SMILES string of the molecule is CC1=C2CC[C@H](C)[C@@H]2C[C@@H](O)C1. The minimum absolute atomic E-state index is 0.0562. The summed E-state index contributed by atoms with van der Waals surface area (Å²) in [6, 6.07) is 0. The van der Waals surface area contributed by atoms with Crippen LogP contribution in [0.1, 0.15) is 39.5 Å². The number of fused-ring (bicyclic) bond motifs is 1. The molecule has 1 nitrogen and oxygen atoms in total. The summed E-state index contributed by atoms with van der Waals surface area (Å²) in [6.07, 6.45) is 4.53. The van der Waals surface area contributed by atoms with Gasteiger partial charge in [0.1, 0.15) is 0 Å². The Hall–Kier alpha value is -0.300. The molecule has 0 heterocycles. The summed E-state index contributed by atoms with van der Waals surface area (Å²) in [5.74, 6) is 1.53. The molecule has 0 aromatic rings. The second-order valence-electron chi connectivity index (χ2n) is 4.52. The Morgan fingerprint density at radius 2 is 2.17 bits per heavy atom. The molecule has 0 bridgehead atoms. The zero-order valence-corrected chi connectivity index (χ0v) is 8.01. The van der Waals surface area contributed by atoms with Gasteiger partial charge >= 0.3 is 0 Å². The first kappa shape index (κ1) is 8.31. The van der Waals surface area contributed by atoms with Crippen LogP contribution in [0.25, 0.3) is 0 Å². The fraction of sp³-hybridized carbons (Fsp3) is 0.818. The molecule has 0 amide bonds. The predicted molar refractivity (Wildman–Crippen MR) is 49.8 cm³/mol. The van der Waals surface area contributed by atoms with Crippen molar-refractivity contribution in [3.05, 3.63) is 11.1 Å². The minimum Gasteiger partial charge on any atom is -0.393 e. The largest absolute Gasteiger partial charge is 0.393 e. The van der Waals surface area contributed by atoms with Crippen molar-refractivity contribution in [3.8, 4) is 0 Å². The van der Waals surface area contributed by atoms with Gasteiger partial charge in [-0.2, -0.15) is 0 Å². The summed E-state index contributed by atoms with van der Waals surface area (Å²) in [4.78, 5) is 0. The molecule has 2 rings (SSSR count). The predicted octanol–water partition coefficient (Wildman–Crippen LogP) is 2.50. The molecule has 0 radical (unpaired) electrons. The van der Waals surface area contributed by atoms with E-state index in [9.17, 15) is 5.11 Å². The van der Waals surface area contributed by atoms with Crippen LogP contribution in [0.3, 0.4) is 0 Å². The molecule has 1 saturated carbocycles. The first-order chi connectivity index (χ1) is 5.68. The molecular weight excluding hydrogens is 148 g/mol. The average Bonchev–Trinajstić information content (AvgIpc) is 2.33. The molecule has 68 valence electrons. The van der Waals surface area contributed by atoms with Gasteiger partial charge in [0.25, 0.3) is 0 Å². The number of allylic oxidation sites excluding steroid dienone is 1. The van der Waals surface area contributed by atoms with Crippen molar-refractivity contribution >= 4 is 0 Å². The maximum Gasteiger partial charge on any atom is 0.0583 e. The second kappa shape index (κ2) is 2.88. The van der Waals surface area contributed by atoms with Crippen molar-refractivity contribution in [2.24, 2.45) is 11.8 Å². The molecule has 2 aliphatic rings. The summed E-state index contributed by atoms with van der Waals surface area (Å²) < 4.78 is 0. The summed E-state index contributed by atoms with van der Waals surface area (Å²) >= 11 is 0. The maximum absolute atomic E-state index is 9.61. The lowest BCUT2D eigenvalue weighted by atomic mass is 9.80. The molecule has 2 aliphatic carbocycles. The molecule has 0 aromatic carbocycles. The topological polar surface area (TPSA) is 20.2 Å². The van der Waals surface area contributed by atoms with Gasteiger partial charge in [0.05, 0.1) is 6.10 Å². The van der Waals surface area contributed by atoms with Crippen LogP contribution in [0, 0.1) is 11.8 Å². The van der Waals surface area contributed by atoms with Crippen LogP contribution < -0.4 is 0 Å². The third kappa shape index (κ3) is 1.20. The van der Waals surface area contributed by atoms with E-state index in [-0.39, 0.29) is 6.10 Å². The van der Waals surface area contributed by atoms with Gasteiger partial charge in [-0.3, -0.25) is 0 Å². The van der Waals surface area contributed by atoms with Crippen LogP contribution >= 0.6 is 0 Å². The zero-order chi connectivity index (χ0) is 8.72. The Kier molecular flexibility index (Phi) is 1.99. The molecule has 3 atom stereocenters. The van der Waals surface area contributed by atoms with Crippen LogP contribution in [-0.4, -0.2) is 11.2 Å². The third-order valence-electron chi connectivity index (χ3n) is 3.62. The first-order valence-corrected chi connectivity index (χ1v) is 5.05. The highest BCUT2D eigenvalue weighted by atomic mass is 16.3. The number of aliphatic hydroxyl groups is 1. The molecule has 1 heteroatoms. The summed E-state index contributed by atoms with van der Waals surface area (Å²) in [7, 11) is 0. The molecular formula is C11H18O. The number of aliphatic hydroxyl groups excluding tert-OH is 1. The highest BCUT2D eigenvalue weighted by molar-refractivity contribution is 5.23. The van der Waals surface area contributed by atoms with E-state index in [2.05, 4.69) is 13.8 Å². The van der Waals surface area contributed by atoms with Crippen LogP contribution in [0.4, 0.5) is 0 Å². The molecule has 0 saturated heterocycles. The van der Waals surface area contributed by atoms with Gasteiger partial charge < -0.3 is 5.11 Å². The van der Waals surface area contributed by atoms with E-state index in [1.807, 2.05) is 0 Å². The number of rotatable bonds is 0. The number of hydrogen-bond donors (Lipinski definition) is 1. The fourth-order valence-electron chi connectivity index (χ4n) is 2.88. The van der Waals surface area contributed by atoms with Gasteiger partial charge in [0.2, 0.25) is 0 Å². The Morgan fingerprint density at radius 1 is 1.42 bits per heavy atom. The third-order valence-corrected chi connectivity index (χ3v) is 3.62. The minimum atomic E-state index is -0.0562. The van der Waals surface area contributed by atoms with Crippen molar-refractivity contribution in [3.63, 3.8) is 0 Å². The summed E-state index contributed by atoms with van der Waals surface area (Å²) in [6.45, 7) is 4.52. The van der Waals surface area contributed by atoms with Crippen molar-refractivity contribution in [1.29, 1.82) is 0 Å². The van der Waals surface area contributed by atoms with E-state index >= 15 is 0 Å². The van der Waals surface area contributed by atoms with Crippen molar-refractivity contribution in [1.82, 2.24) is 0 Å². The summed E-state index contributed by atoms with van der Waals surface area (Å²) in [5, 5.41) is 9.61. The quantitative estimate of drug-likeness (QED) is 0.548. The van der Waals surface area contributed by atoms with E-state index in [0.29, 0.717) is 5.92 Å². The average molecular weight is 166 g/mol. The lowest BCUT2D eigenvalue weighted by Crippen LogP contribution is -2.22. The number of hydrogen-bond acceptors (Lipinski definition) is 1. The lowest BCUT2D eigenvalue weighted by molar-refractivity contribution is 0.132. The highest BCUT2D eigenvalue weighted by Crippen LogP contribution is 2.44. The smallest absolute Gasteiger partial charge is 0.0583 e. The highest BCUT2D eigenvalue weighted by Gasteiger charge is 2.34. The van der Waals surface area contributed by atoms with Crippen molar-refractivity contribution in [2.75, 3.05) is 0 Å². The van der Waals surface area contributed by atoms with Crippen molar-refractivity contribution < 1.29 is 5.11 Å². The van der Waals surface area contributed by atoms with Crippen molar-refractivity contribution in [2.45, 2.75) is 45.6 Å². The lowest BCUT2D eigenvalue weighted by Gasteiger charge is -2.28. The van der Waals surface area contributed by atoms with E-state index in [1.54, 1.807) is 5.57 Å². The monoisotopic (exact) mass is 166 g/mol. The Morgan fingerprint density at radius 3 is 2.92 bits per heavy atom. The van der Waals surface area contributed by atoms with Gasteiger partial charge in [-0.05, 0) is 44.4 Å². The van der Waals surface area contributed by atoms with Gasteiger partial charge in [0.15, 0.2) is 0 Å². The van der Waals surface area contributed by atoms with Crippen LogP contribution in [0.15, 0.2) is 11.1 Å². The molecule has 0 unspecified atom stereocenters. The van der Waals surface area contributed by atoms with E-state index in [4.69, 9.17) is 0 Å². The first-order valence-electron chi connectivity index (χ1n) is 5.05. The van der Waals surface area contributed by atoms with Crippen LogP contribution in [-0.2, 0) is 0 Å². The van der Waals surface area contributed by atoms with Gasteiger partial charge in [0, 0.05) is 0 Å². The van der Waals surface area contributed by atoms with Gasteiger partial charge in [-0.15, -0.1) is 0 Å². The van der Waals surface area contributed by atoms with E-state index in [0.717, 1.165) is 18.8 Å². The van der Waals surface area contributed by atoms with E-state index < -0.39 is 0 Å². The Bertz CT molecular complexity index is 217.